The molecule has 0 N–H and O–H groups in total. The van der Waals surface area contributed by atoms with Gasteiger partial charge >= 0.3 is 0 Å². The lowest BCUT2D eigenvalue weighted by Gasteiger charge is -2.24. The maximum absolute atomic E-state index is 12.4. The summed E-state index contributed by atoms with van der Waals surface area (Å²) >= 11 is 0. The molecule has 0 aliphatic carbocycles. The Balaban J connectivity index is 1.37. The third kappa shape index (κ3) is 4.49. The maximum Gasteiger partial charge on any atom is 0.254 e. The Labute approximate surface area is 165 Å². The Hall–Kier alpha value is -2.92. The van der Waals surface area contributed by atoms with Crippen molar-refractivity contribution in [2.24, 2.45) is 0 Å². The standard InChI is InChI=1S/C23H25N3O2/c1-25-10-9-22-20(16-25)13-19(15-24-22)7-11-26-12-8-21(14-23(26)27)28-17-18-5-3-2-4-6-18/h2-6,8,12-15H,7,9-11,16-17H2,1H3. The van der Waals surface area contributed by atoms with Crippen LogP contribution in [0.4, 0.5) is 0 Å². The summed E-state index contributed by atoms with van der Waals surface area (Å²) in [4.78, 5) is 19.3. The molecule has 0 unspecified atom stereocenters. The van der Waals surface area contributed by atoms with Crippen LogP contribution in [-0.2, 0) is 32.5 Å². The smallest absolute Gasteiger partial charge is 0.254 e. The molecule has 0 radical (unpaired) electrons. The number of nitrogens with zero attached hydrogens (tertiary/aromatic N) is 3. The van der Waals surface area contributed by atoms with Crippen LogP contribution in [0.25, 0.3) is 0 Å². The lowest BCUT2D eigenvalue weighted by Crippen LogP contribution is -2.27. The maximum atomic E-state index is 12.4. The number of pyridine rings is 2. The molecule has 0 saturated carbocycles. The zero-order chi connectivity index (χ0) is 19.3. The fraction of sp³-hybridized carbons (Fsp3) is 0.304. The molecule has 2 aromatic heterocycles. The van der Waals surface area contributed by atoms with E-state index in [1.165, 1.54) is 16.8 Å². The van der Waals surface area contributed by atoms with E-state index in [1.54, 1.807) is 10.6 Å². The quantitative estimate of drug-likeness (QED) is 0.664. The molecule has 1 aliphatic rings. The predicted molar refractivity (Wildman–Crippen MR) is 109 cm³/mol. The molecule has 1 aromatic carbocycles. The van der Waals surface area contributed by atoms with Crippen LogP contribution in [0.15, 0.2) is 65.7 Å². The highest BCUT2D eigenvalue weighted by atomic mass is 16.5. The second-order valence-corrected chi connectivity index (χ2v) is 7.36. The Morgan fingerprint density at radius 1 is 1.11 bits per heavy atom. The van der Waals surface area contributed by atoms with Gasteiger partial charge in [0.05, 0.1) is 0 Å². The minimum absolute atomic E-state index is 0.0452. The molecule has 0 bridgehead atoms. The van der Waals surface area contributed by atoms with Gasteiger partial charge in [-0.15, -0.1) is 0 Å². The summed E-state index contributed by atoms with van der Waals surface area (Å²) in [6.07, 6.45) is 5.55. The van der Waals surface area contributed by atoms with E-state index in [4.69, 9.17) is 4.74 Å². The molecule has 5 nitrogen and oxygen atoms in total. The van der Waals surface area contributed by atoms with Crippen LogP contribution in [0.1, 0.15) is 22.4 Å². The molecular formula is C23H25N3O2. The van der Waals surface area contributed by atoms with E-state index in [2.05, 4.69) is 23.0 Å². The van der Waals surface area contributed by atoms with Gasteiger partial charge in [-0.2, -0.15) is 0 Å². The fourth-order valence-electron chi connectivity index (χ4n) is 3.51. The van der Waals surface area contributed by atoms with E-state index < -0.39 is 0 Å². The molecule has 144 valence electrons. The first-order chi connectivity index (χ1) is 13.7. The van der Waals surface area contributed by atoms with Crippen LogP contribution in [0.5, 0.6) is 5.75 Å². The van der Waals surface area contributed by atoms with Gasteiger partial charge in [-0.25, -0.2) is 0 Å². The number of benzene rings is 1. The van der Waals surface area contributed by atoms with Gasteiger partial charge in [-0.3, -0.25) is 9.78 Å². The SMILES string of the molecule is CN1CCc2ncc(CCn3ccc(OCc4ccccc4)cc3=O)cc2C1. The number of hydrogen-bond acceptors (Lipinski definition) is 4. The van der Waals surface area contributed by atoms with Gasteiger partial charge in [-0.05, 0) is 36.2 Å². The summed E-state index contributed by atoms with van der Waals surface area (Å²) in [6.45, 7) is 3.10. The second kappa shape index (κ2) is 8.40. The number of fused-ring (bicyclic) bond motifs is 1. The van der Waals surface area contributed by atoms with Crippen molar-refractivity contribution in [2.75, 3.05) is 13.6 Å². The molecule has 0 amide bonds. The van der Waals surface area contributed by atoms with Crippen LogP contribution in [0.2, 0.25) is 0 Å². The lowest BCUT2D eigenvalue weighted by atomic mass is 10.0. The number of hydrogen-bond donors (Lipinski definition) is 0. The van der Waals surface area contributed by atoms with Crippen molar-refractivity contribution in [3.8, 4) is 5.75 Å². The average Bonchev–Trinajstić information content (AvgIpc) is 2.72. The summed E-state index contributed by atoms with van der Waals surface area (Å²) in [7, 11) is 2.14. The lowest BCUT2D eigenvalue weighted by molar-refractivity contribution is 0.305. The van der Waals surface area contributed by atoms with Crippen molar-refractivity contribution in [3.05, 3.63) is 93.7 Å². The van der Waals surface area contributed by atoms with Crippen molar-refractivity contribution in [1.82, 2.24) is 14.5 Å². The van der Waals surface area contributed by atoms with Gasteiger partial charge in [0, 0.05) is 50.2 Å². The van der Waals surface area contributed by atoms with Gasteiger partial charge < -0.3 is 14.2 Å². The third-order valence-electron chi connectivity index (χ3n) is 5.14. The largest absolute Gasteiger partial charge is 0.489 e. The molecular weight excluding hydrogens is 350 g/mol. The van der Waals surface area contributed by atoms with E-state index in [1.807, 2.05) is 48.8 Å². The minimum atomic E-state index is -0.0452. The molecule has 28 heavy (non-hydrogen) atoms. The summed E-state index contributed by atoms with van der Waals surface area (Å²) in [6, 6.07) is 15.6. The minimum Gasteiger partial charge on any atom is -0.489 e. The fourth-order valence-corrected chi connectivity index (χ4v) is 3.51. The molecule has 0 saturated heterocycles. The number of aromatic nitrogens is 2. The van der Waals surface area contributed by atoms with Crippen molar-refractivity contribution < 1.29 is 4.74 Å². The molecule has 3 aromatic rings. The Bertz CT molecular complexity index is 998. The third-order valence-corrected chi connectivity index (χ3v) is 5.14. The molecule has 4 rings (SSSR count). The van der Waals surface area contributed by atoms with Crippen molar-refractivity contribution >= 4 is 0 Å². The topological polar surface area (TPSA) is 47.4 Å². The summed E-state index contributed by atoms with van der Waals surface area (Å²) < 4.78 is 7.46. The van der Waals surface area contributed by atoms with Gasteiger partial charge in [0.1, 0.15) is 12.4 Å². The van der Waals surface area contributed by atoms with E-state index in [0.717, 1.165) is 31.5 Å². The van der Waals surface area contributed by atoms with Gasteiger partial charge in [0.2, 0.25) is 0 Å². The van der Waals surface area contributed by atoms with Gasteiger partial charge in [-0.1, -0.05) is 36.4 Å². The summed E-state index contributed by atoms with van der Waals surface area (Å²) in [5.41, 5.74) is 4.72. The first-order valence-electron chi connectivity index (χ1n) is 9.70. The van der Waals surface area contributed by atoms with E-state index >= 15 is 0 Å². The number of likely N-dealkylation sites (N-methyl/N-ethyl adjacent to an activating group) is 1. The predicted octanol–water partition coefficient (Wildman–Crippen LogP) is 3.05. The molecule has 0 fully saturated rings. The monoisotopic (exact) mass is 375 g/mol. The van der Waals surface area contributed by atoms with Crippen molar-refractivity contribution in [2.45, 2.75) is 32.5 Å². The first kappa shape index (κ1) is 18.4. The number of rotatable bonds is 6. The molecule has 5 heteroatoms. The molecule has 3 heterocycles. The van der Waals surface area contributed by atoms with Crippen LogP contribution < -0.4 is 10.3 Å². The molecule has 1 aliphatic heterocycles. The van der Waals surface area contributed by atoms with E-state index in [0.29, 0.717) is 18.9 Å². The normalized spacial score (nSPS) is 13.9. The van der Waals surface area contributed by atoms with Crippen LogP contribution in [-0.4, -0.2) is 28.0 Å². The molecule has 0 spiro atoms. The van der Waals surface area contributed by atoms with E-state index in [9.17, 15) is 4.79 Å². The highest BCUT2D eigenvalue weighted by Gasteiger charge is 2.14. The summed E-state index contributed by atoms with van der Waals surface area (Å²) in [5.74, 6) is 0.601. The van der Waals surface area contributed by atoms with Gasteiger partial charge in [0.15, 0.2) is 0 Å². The zero-order valence-electron chi connectivity index (χ0n) is 16.2. The van der Waals surface area contributed by atoms with Gasteiger partial charge in [0.25, 0.3) is 5.56 Å². The highest BCUT2D eigenvalue weighted by molar-refractivity contribution is 5.27. The first-order valence-corrected chi connectivity index (χ1v) is 9.70. The van der Waals surface area contributed by atoms with Crippen LogP contribution in [0.3, 0.4) is 0 Å². The zero-order valence-corrected chi connectivity index (χ0v) is 16.2. The van der Waals surface area contributed by atoms with Crippen molar-refractivity contribution in [3.63, 3.8) is 0 Å². The second-order valence-electron chi connectivity index (χ2n) is 7.36. The number of ether oxygens (including phenoxy) is 1. The Morgan fingerprint density at radius 2 is 1.96 bits per heavy atom. The van der Waals surface area contributed by atoms with Crippen LogP contribution in [0, 0.1) is 0 Å². The Morgan fingerprint density at radius 3 is 2.79 bits per heavy atom. The van der Waals surface area contributed by atoms with Crippen LogP contribution >= 0.6 is 0 Å². The van der Waals surface area contributed by atoms with E-state index in [-0.39, 0.29) is 5.56 Å². The summed E-state index contributed by atoms with van der Waals surface area (Å²) in [5, 5.41) is 0. The molecule has 0 atom stereocenters. The van der Waals surface area contributed by atoms with Crippen molar-refractivity contribution in [1.29, 1.82) is 0 Å². The highest BCUT2D eigenvalue weighted by Crippen LogP contribution is 2.17. The number of aryl methyl sites for hydroxylation is 2. The Kier molecular flexibility index (Phi) is 5.53. The average molecular weight is 375 g/mol.